The zero-order valence-corrected chi connectivity index (χ0v) is 33.4. The smallest absolute Gasteiger partial charge is 0.343 e. The number of nitrogens with zero attached hydrogens (tertiary/aromatic N) is 2. The largest absolute Gasteiger partial charge is 0.458 e. The van der Waals surface area contributed by atoms with Crippen LogP contribution in [0.1, 0.15) is 86.4 Å². The predicted octanol–water partition coefficient (Wildman–Crippen LogP) is 5.84. The van der Waals surface area contributed by atoms with Gasteiger partial charge in [-0.25, -0.2) is 14.2 Å². The number of aliphatic hydroxyl groups is 1. The number of cyclic esters (lactones) is 1. The second-order valence-corrected chi connectivity index (χ2v) is 21.3. The van der Waals surface area contributed by atoms with Crippen molar-refractivity contribution in [2.24, 2.45) is 11.8 Å². The Hall–Kier alpha value is -4.97. The zero-order chi connectivity index (χ0) is 39.3. The summed E-state index contributed by atoms with van der Waals surface area (Å²) in [5.74, 6) is -1.36. The van der Waals surface area contributed by atoms with E-state index >= 15 is 4.39 Å². The molecule has 11 heteroatoms. The molecule has 4 atom stereocenters. The van der Waals surface area contributed by atoms with Crippen LogP contribution in [-0.4, -0.2) is 41.5 Å². The Labute approximate surface area is 326 Å². The van der Waals surface area contributed by atoms with Gasteiger partial charge in [0.2, 0.25) is 5.91 Å². The summed E-state index contributed by atoms with van der Waals surface area (Å²) in [5, 5.41) is 17.8. The average molecular weight is 772 g/mol. The maximum Gasteiger partial charge on any atom is 0.343 e. The number of hydrogen-bond acceptors (Lipinski definition) is 7. The Bertz CT molecular complexity index is 2480. The summed E-state index contributed by atoms with van der Waals surface area (Å²) in [5.41, 5.74) is 2.55. The van der Waals surface area contributed by atoms with E-state index in [-0.39, 0.29) is 64.9 Å². The number of aromatic nitrogens is 2. The van der Waals surface area contributed by atoms with Gasteiger partial charge < -0.3 is 24.2 Å². The predicted molar refractivity (Wildman–Crippen MR) is 214 cm³/mol. The fourth-order valence-electron chi connectivity index (χ4n) is 9.72. The van der Waals surface area contributed by atoms with Crippen LogP contribution in [0.3, 0.4) is 0 Å². The Morgan fingerprint density at radius 1 is 1.05 bits per heavy atom. The minimum Gasteiger partial charge on any atom is -0.458 e. The van der Waals surface area contributed by atoms with Crippen LogP contribution in [-0.2, 0) is 43.9 Å². The second-order valence-electron chi connectivity index (χ2n) is 17.0. The first-order chi connectivity index (χ1) is 26.8. The molecule has 9 nitrogen and oxygen atoms in total. The molecule has 0 saturated heterocycles. The van der Waals surface area contributed by atoms with E-state index in [0.717, 1.165) is 28.5 Å². The summed E-state index contributed by atoms with van der Waals surface area (Å²) < 4.78 is 29.5. The van der Waals surface area contributed by atoms with Crippen molar-refractivity contribution in [2.75, 3.05) is 6.61 Å². The molecule has 0 unspecified atom stereocenters. The monoisotopic (exact) mass is 771 g/mol. The van der Waals surface area contributed by atoms with E-state index in [1.165, 1.54) is 16.4 Å². The van der Waals surface area contributed by atoms with Gasteiger partial charge in [0.25, 0.3) is 13.9 Å². The molecule has 0 radical (unpaired) electrons. The van der Waals surface area contributed by atoms with Crippen molar-refractivity contribution in [2.45, 2.75) is 90.1 Å². The lowest BCUT2D eigenvalue weighted by molar-refractivity contribution is -0.172. The molecule has 4 aliphatic rings. The lowest BCUT2D eigenvalue weighted by atomic mass is 9.81. The Kier molecular flexibility index (Phi) is 8.54. The van der Waals surface area contributed by atoms with Crippen LogP contribution in [0.15, 0.2) is 77.6 Å². The van der Waals surface area contributed by atoms with Gasteiger partial charge in [-0.2, -0.15) is 0 Å². The van der Waals surface area contributed by atoms with E-state index in [2.05, 4.69) is 74.6 Å². The number of carbonyl (C=O) groups is 2. The first-order valence-electron chi connectivity index (χ1n) is 19.7. The molecule has 9 rings (SSSR count). The first-order valence-corrected chi connectivity index (χ1v) is 21.6. The topological polar surface area (TPSA) is 120 Å². The molecule has 2 N–H and O–H groups in total. The number of aryl methyl sites for hydroxylation is 1. The highest BCUT2D eigenvalue weighted by Gasteiger charge is 2.53. The molecule has 4 heterocycles. The number of hydrogen-bond donors (Lipinski definition) is 2. The van der Waals surface area contributed by atoms with Gasteiger partial charge >= 0.3 is 5.97 Å². The third-order valence-electron chi connectivity index (χ3n) is 12.9. The SMILES string of the molecule is CC[C@@]1(O)C(=O)OCc2c1cc1n(c2=O)Cc2c-1nc1cc(F)c(C)c3c1c2[C@@H](NC(=O)[C@H]1C[C@@H]1CO[Si](c1ccccc1)(c1ccccc1)C(C)(C)C)CC3. The van der Waals surface area contributed by atoms with Gasteiger partial charge in [-0.05, 0) is 76.7 Å². The Morgan fingerprint density at radius 2 is 1.73 bits per heavy atom. The zero-order valence-electron chi connectivity index (χ0n) is 32.4. The van der Waals surface area contributed by atoms with Gasteiger partial charge in [-0.3, -0.25) is 9.59 Å². The van der Waals surface area contributed by atoms with Gasteiger partial charge in [0, 0.05) is 35.1 Å². The maximum atomic E-state index is 15.4. The summed E-state index contributed by atoms with van der Waals surface area (Å²) in [6, 6.07) is 23.7. The van der Waals surface area contributed by atoms with Crippen molar-refractivity contribution < 1.29 is 28.2 Å². The number of amides is 1. The molecule has 0 spiro atoms. The van der Waals surface area contributed by atoms with Gasteiger partial charge in [-0.1, -0.05) is 88.4 Å². The molecule has 1 amide bonds. The number of halogens is 1. The quantitative estimate of drug-likeness (QED) is 0.147. The lowest BCUT2D eigenvalue weighted by Gasteiger charge is -2.43. The van der Waals surface area contributed by atoms with Crippen molar-refractivity contribution in [1.82, 2.24) is 14.9 Å². The summed E-state index contributed by atoms with van der Waals surface area (Å²) in [6.45, 7) is 10.6. The molecule has 3 aromatic carbocycles. The average Bonchev–Trinajstić information content (AvgIpc) is 3.88. The van der Waals surface area contributed by atoms with Crippen molar-refractivity contribution in [3.63, 3.8) is 0 Å². The number of carbonyl (C=O) groups excluding carboxylic acids is 2. The first kappa shape index (κ1) is 36.7. The van der Waals surface area contributed by atoms with Crippen LogP contribution in [0, 0.1) is 24.6 Å². The fourth-order valence-corrected chi connectivity index (χ4v) is 14.3. The molecule has 0 bridgehead atoms. The highest BCUT2D eigenvalue weighted by molar-refractivity contribution is 6.99. The molecule has 56 heavy (non-hydrogen) atoms. The van der Waals surface area contributed by atoms with E-state index in [1.807, 2.05) is 12.1 Å². The number of benzene rings is 3. The van der Waals surface area contributed by atoms with E-state index in [9.17, 15) is 19.5 Å². The molecule has 1 fully saturated rings. The van der Waals surface area contributed by atoms with Crippen LogP contribution in [0.25, 0.3) is 22.3 Å². The van der Waals surface area contributed by atoms with E-state index < -0.39 is 25.9 Å². The number of nitrogens with one attached hydrogen (secondary N) is 1. The van der Waals surface area contributed by atoms with Crippen LogP contribution in [0.4, 0.5) is 4.39 Å². The van der Waals surface area contributed by atoms with Crippen molar-refractivity contribution in [3.8, 4) is 11.4 Å². The highest BCUT2D eigenvalue weighted by Crippen LogP contribution is 2.48. The van der Waals surface area contributed by atoms with Gasteiger partial charge in [-0.15, -0.1) is 0 Å². The molecular formula is C45H46FN3O6Si. The summed E-state index contributed by atoms with van der Waals surface area (Å²) in [6.07, 6.45) is 1.87. The van der Waals surface area contributed by atoms with E-state index in [0.29, 0.717) is 41.9 Å². The van der Waals surface area contributed by atoms with Gasteiger partial charge in [0.15, 0.2) is 5.60 Å². The number of fused-ring (bicyclic) bond motifs is 5. The molecule has 2 aliphatic heterocycles. The minimum atomic E-state index is -2.77. The highest BCUT2D eigenvalue weighted by atomic mass is 28.4. The third-order valence-corrected chi connectivity index (χ3v) is 17.9. The molecule has 1 saturated carbocycles. The van der Waals surface area contributed by atoms with Crippen molar-refractivity contribution >= 4 is 41.5 Å². The van der Waals surface area contributed by atoms with Crippen LogP contribution in [0.2, 0.25) is 5.04 Å². The van der Waals surface area contributed by atoms with E-state index in [1.54, 1.807) is 24.5 Å². The summed E-state index contributed by atoms with van der Waals surface area (Å²) >= 11 is 0. The Balaban J connectivity index is 1.05. The van der Waals surface area contributed by atoms with Crippen LogP contribution >= 0.6 is 0 Å². The molecular weight excluding hydrogens is 726 g/mol. The number of pyridine rings is 2. The summed E-state index contributed by atoms with van der Waals surface area (Å²) in [7, 11) is -2.77. The van der Waals surface area contributed by atoms with Gasteiger partial charge in [0.1, 0.15) is 12.4 Å². The maximum absolute atomic E-state index is 15.4. The standard InChI is InChI=1S/C45H46FN3O6Si/c1-6-45(53)33-20-37-40-31(22-49(37)42(51)32(33)24-54-43(45)52)39-35(18-17-29-25(2)34(46)21-36(47-40)38(29)39)48-41(50)30-19-26(30)23-55-56(44(3,4)5,27-13-9-7-10-14-27)28-15-11-8-12-16-28/h7-16,20-21,26,30,35,53H,6,17-19,22-24H2,1-5H3,(H,48,50)/t26-,30+,35+,45+/m1/s1. The fraction of sp³-hybridized carbons (Fsp3) is 0.378. The van der Waals surface area contributed by atoms with Crippen LogP contribution in [0.5, 0.6) is 0 Å². The van der Waals surface area contributed by atoms with Gasteiger partial charge in [0.05, 0.1) is 35.1 Å². The minimum absolute atomic E-state index is 0.0258. The van der Waals surface area contributed by atoms with Crippen molar-refractivity contribution in [3.05, 3.63) is 122 Å². The van der Waals surface area contributed by atoms with E-state index in [4.69, 9.17) is 14.1 Å². The lowest BCUT2D eigenvalue weighted by Crippen LogP contribution is -2.66. The number of esters is 1. The molecule has 288 valence electrons. The number of ether oxygens (including phenoxy) is 1. The second kappa shape index (κ2) is 13.0. The summed E-state index contributed by atoms with van der Waals surface area (Å²) in [4.78, 5) is 46.0. The van der Waals surface area contributed by atoms with Crippen LogP contribution < -0.4 is 21.2 Å². The van der Waals surface area contributed by atoms with Crippen molar-refractivity contribution in [1.29, 1.82) is 0 Å². The Morgan fingerprint density at radius 3 is 2.38 bits per heavy atom. The number of rotatable bonds is 8. The molecule has 5 aromatic rings. The molecule has 2 aliphatic carbocycles. The normalized spacial score (nSPS) is 22.3. The molecule has 2 aromatic heterocycles. The third kappa shape index (κ3) is 5.38.